The van der Waals surface area contributed by atoms with E-state index in [-0.39, 0.29) is 23.7 Å². The van der Waals surface area contributed by atoms with Crippen molar-refractivity contribution in [2.24, 2.45) is 0 Å². The molecule has 0 fully saturated rings. The molecule has 0 aromatic heterocycles. The summed E-state index contributed by atoms with van der Waals surface area (Å²) in [7, 11) is 0. The van der Waals surface area contributed by atoms with Gasteiger partial charge in [0, 0.05) is 17.5 Å². The lowest BCUT2D eigenvalue weighted by Crippen LogP contribution is -2.61. The number of rotatable bonds is 12. The Labute approximate surface area is 249 Å². The third-order valence-electron chi connectivity index (χ3n) is 5.91. The molecule has 3 aromatic rings. The number of nitrogens with two attached hydrogens (primary N) is 2. The predicted molar refractivity (Wildman–Crippen MR) is 143 cm³/mol. The molecular weight excluding hydrogens is 627 g/mol. The van der Waals surface area contributed by atoms with Gasteiger partial charge in [-0.2, -0.15) is 39.5 Å². The van der Waals surface area contributed by atoms with Gasteiger partial charge in [-0.15, -0.1) is 0 Å². The highest BCUT2D eigenvalue weighted by Crippen LogP contribution is 2.54. The summed E-state index contributed by atoms with van der Waals surface area (Å²) in [6.07, 6.45) is -6.46. The van der Waals surface area contributed by atoms with E-state index in [0.717, 1.165) is 24.3 Å². The van der Waals surface area contributed by atoms with Crippen LogP contribution in [0.5, 0.6) is 11.5 Å². The van der Waals surface area contributed by atoms with E-state index < -0.39 is 48.9 Å². The van der Waals surface area contributed by atoms with E-state index in [2.05, 4.69) is 0 Å². The molecule has 0 aliphatic heterocycles. The molecule has 0 radical (unpaired) electrons. The number of ether oxygens (including phenoxy) is 3. The number of hydrogen-bond donors (Lipinski definition) is 2. The molecule has 7 nitrogen and oxygen atoms in total. The lowest BCUT2D eigenvalue weighted by molar-refractivity contribution is -0.397. The molecule has 0 bridgehead atoms. The van der Waals surface area contributed by atoms with E-state index >= 15 is 0 Å². The quantitative estimate of drug-likeness (QED) is 0.0709. The second-order valence-corrected chi connectivity index (χ2v) is 9.38. The zero-order chi connectivity index (χ0) is 33.6. The summed E-state index contributed by atoms with van der Waals surface area (Å²) in [5.41, 5.74) is 13.3. The first-order valence-corrected chi connectivity index (χ1v) is 12.6. The largest absolute Gasteiger partial charge is 0.493 e. The number of nitrogen functional groups attached to an aromatic ring is 2. The normalized spacial score (nSPS) is 12.6. The van der Waals surface area contributed by atoms with E-state index in [9.17, 15) is 49.1 Å². The summed E-state index contributed by atoms with van der Waals surface area (Å²) in [6, 6.07) is 14.9. The Bertz CT molecular complexity index is 1500. The Morgan fingerprint density at radius 2 is 1.29 bits per heavy atom. The number of anilines is 2. The third-order valence-corrected chi connectivity index (χ3v) is 5.91. The van der Waals surface area contributed by atoms with Gasteiger partial charge in [-0.05, 0) is 71.8 Å². The van der Waals surface area contributed by atoms with Gasteiger partial charge in [0.2, 0.25) is 0 Å². The van der Waals surface area contributed by atoms with Crippen molar-refractivity contribution in [2.75, 3.05) is 18.1 Å². The molecule has 0 atom stereocenters. The molecule has 0 saturated carbocycles. The second-order valence-electron chi connectivity index (χ2n) is 9.38. The molecule has 0 heterocycles. The molecule has 3 aromatic carbocycles. The first-order valence-electron chi connectivity index (χ1n) is 12.6. The molecule has 4 N–H and O–H groups in total. The van der Waals surface area contributed by atoms with Crippen LogP contribution in [0.25, 0.3) is 6.08 Å². The highest BCUT2D eigenvalue weighted by molar-refractivity contribution is 5.91. The van der Waals surface area contributed by atoms with Gasteiger partial charge in [-0.1, -0.05) is 12.1 Å². The van der Waals surface area contributed by atoms with Crippen molar-refractivity contribution >= 4 is 29.4 Å². The minimum absolute atomic E-state index is 0.0535. The average Bonchev–Trinajstić information content (AvgIpc) is 2.94. The summed E-state index contributed by atoms with van der Waals surface area (Å²) in [5, 5.41) is 0. The zero-order valence-electron chi connectivity index (χ0n) is 22.7. The third kappa shape index (κ3) is 8.61. The summed E-state index contributed by atoms with van der Waals surface area (Å²) in [6.45, 7) is -1.40. The van der Waals surface area contributed by atoms with Crippen molar-refractivity contribution in [3.63, 3.8) is 0 Å². The molecule has 0 unspecified atom stereocenters. The van der Waals surface area contributed by atoms with Crippen molar-refractivity contribution in [2.45, 2.75) is 37.0 Å². The lowest BCUT2D eigenvalue weighted by atomic mass is 10.0. The number of halogens is 9. The van der Waals surface area contributed by atoms with Gasteiger partial charge in [0.1, 0.15) is 18.1 Å². The zero-order valence-corrected chi connectivity index (χ0v) is 22.7. The van der Waals surface area contributed by atoms with Gasteiger partial charge >= 0.3 is 35.9 Å². The number of hydrogen-bond acceptors (Lipinski definition) is 7. The van der Waals surface area contributed by atoms with Gasteiger partial charge in [-0.25, -0.2) is 9.59 Å². The summed E-state index contributed by atoms with van der Waals surface area (Å²) in [4.78, 5) is 24.4. The van der Waals surface area contributed by atoms with Crippen LogP contribution in [0.4, 0.5) is 50.9 Å². The first-order chi connectivity index (χ1) is 20.8. The topological polar surface area (TPSA) is 114 Å². The van der Waals surface area contributed by atoms with Crippen molar-refractivity contribution in [1.29, 1.82) is 0 Å². The van der Waals surface area contributed by atoms with Crippen LogP contribution in [0.15, 0.2) is 72.8 Å². The lowest BCUT2D eigenvalue weighted by Gasteiger charge is -2.33. The maximum atomic E-state index is 13.6. The van der Waals surface area contributed by atoms with E-state index in [4.69, 9.17) is 25.7 Å². The number of carbonyl (C=O) groups is 2. The highest BCUT2D eigenvalue weighted by atomic mass is 19.4. The number of carbonyl (C=O) groups excluding carboxylic acids is 2. The van der Waals surface area contributed by atoms with Crippen molar-refractivity contribution in [3.05, 3.63) is 89.5 Å². The van der Waals surface area contributed by atoms with Gasteiger partial charge in [0.05, 0.1) is 18.6 Å². The Morgan fingerprint density at radius 3 is 1.84 bits per heavy atom. The number of alkyl halides is 9. The SMILES string of the molecule is Nc1cc(N)cc(COC(=O)/C=C/c2ccc(OC(=O)c3ccc(OCCC(F)(F)C(F)(F)C(F)(F)C(F)(F)F)cc3)cc2)c1. The van der Waals surface area contributed by atoms with E-state index in [1.165, 1.54) is 36.4 Å². The molecule has 0 spiro atoms. The maximum Gasteiger partial charge on any atom is 0.460 e. The van der Waals surface area contributed by atoms with E-state index in [1.54, 1.807) is 18.2 Å². The molecule has 0 aliphatic rings. The minimum atomic E-state index is -6.98. The smallest absolute Gasteiger partial charge is 0.460 e. The fourth-order valence-electron chi connectivity index (χ4n) is 3.56. The predicted octanol–water partition coefficient (Wildman–Crippen LogP) is 7.06. The van der Waals surface area contributed by atoms with Gasteiger partial charge < -0.3 is 25.7 Å². The Hall–Kier alpha value is -4.89. The summed E-state index contributed by atoms with van der Waals surface area (Å²) >= 11 is 0. The Morgan fingerprint density at radius 1 is 0.733 bits per heavy atom. The first kappa shape index (κ1) is 34.6. The van der Waals surface area contributed by atoms with Crippen LogP contribution in [-0.2, 0) is 16.1 Å². The molecule has 3 rings (SSSR count). The molecular formula is C29H23F9N2O5. The summed E-state index contributed by atoms with van der Waals surface area (Å²) < 4.78 is 131. The highest BCUT2D eigenvalue weighted by Gasteiger charge is 2.81. The fourth-order valence-corrected chi connectivity index (χ4v) is 3.56. The molecule has 0 amide bonds. The number of esters is 2. The van der Waals surface area contributed by atoms with Crippen LogP contribution in [0.2, 0.25) is 0 Å². The van der Waals surface area contributed by atoms with Gasteiger partial charge in [-0.3, -0.25) is 0 Å². The summed E-state index contributed by atoms with van der Waals surface area (Å²) in [5.74, 6) is -21.2. The molecule has 242 valence electrons. The van der Waals surface area contributed by atoms with Gasteiger partial charge in [0.15, 0.2) is 0 Å². The average molecular weight is 650 g/mol. The molecule has 45 heavy (non-hydrogen) atoms. The van der Waals surface area contributed by atoms with Crippen molar-refractivity contribution < 1.29 is 63.3 Å². The maximum absolute atomic E-state index is 13.6. The van der Waals surface area contributed by atoms with Crippen LogP contribution in [-0.4, -0.2) is 42.5 Å². The van der Waals surface area contributed by atoms with Crippen LogP contribution < -0.4 is 20.9 Å². The van der Waals surface area contributed by atoms with Gasteiger partial charge in [0.25, 0.3) is 0 Å². The standard InChI is InChI=1S/C29H23F9N2O5/c30-26(31,27(32,33)28(34,35)29(36,37)38)11-12-43-22-8-4-19(5-9-22)25(42)45-23-6-1-17(2-7-23)3-10-24(41)44-16-18-13-20(39)15-21(40)14-18/h1-10,13-15H,11-12,16,39-40H2/b10-3+. The fraction of sp³-hybridized carbons (Fsp3) is 0.241. The van der Waals surface area contributed by atoms with E-state index in [0.29, 0.717) is 22.5 Å². The van der Waals surface area contributed by atoms with Crippen LogP contribution in [0.1, 0.15) is 27.9 Å². The monoisotopic (exact) mass is 650 g/mol. The van der Waals surface area contributed by atoms with Crippen LogP contribution >= 0.6 is 0 Å². The van der Waals surface area contributed by atoms with Crippen LogP contribution in [0.3, 0.4) is 0 Å². The Balaban J connectivity index is 1.49. The Kier molecular flexibility index (Phi) is 10.3. The van der Waals surface area contributed by atoms with Crippen molar-refractivity contribution in [3.8, 4) is 11.5 Å². The van der Waals surface area contributed by atoms with Crippen molar-refractivity contribution in [1.82, 2.24) is 0 Å². The van der Waals surface area contributed by atoms with E-state index in [1.807, 2.05) is 0 Å². The minimum Gasteiger partial charge on any atom is -0.493 e. The molecule has 0 aliphatic carbocycles. The second kappa shape index (κ2) is 13.4. The molecule has 16 heteroatoms. The number of benzene rings is 3. The van der Waals surface area contributed by atoms with Crippen LogP contribution in [0, 0.1) is 0 Å². The molecule has 0 saturated heterocycles.